The molecule has 0 aliphatic heterocycles. The van der Waals surface area contributed by atoms with Gasteiger partial charge >= 0.3 is 0 Å². The Kier molecular flexibility index (Phi) is 7.05. The van der Waals surface area contributed by atoms with E-state index in [0.29, 0.717) is 5.92 Å². The van der Waals surface area contributed by atoms with Gasteiger partial charge in [-0.25, -0.2) is 0 Å². The molecular weight excluding hydrogens is 340 g/mol. The number of carbonyl (C=O) groups is 1. The maximum atomic E-state index is 12.3. The molecule has 2 aromatic rings. The van der Waals surface area contributed by atoms with Crippen molar-refractivity contribution in [2.24, 2.45) is 5.92 Å². The second kappa shape index (κ2) is 9.03. The van der Waals surface area contributed by atoms with Crippen molar-refractivity contribution in [1.29, 1.82) is 0 Å². The average Bonchev–Trinajstić information content (AvgIpc) is 3.01. The highest BCUT2D eigenvalue weighted by Gasteiger charge is 2.17. The van der Waals surface area contributed by atoms with Crippen LogP contribution in [0.1, 0.15) is 33.3 Å². The number of thioether (sulfide) groups is 1. The Balaban J connectivity index is 1.86. The first-order valence-electron chi connectivity index (χ1n) is 8.11. The molecule has 130 valence electrons. The number of benzene rings is 1. The van der Waals surface area contributed by atoms with Gasteiger partial charge in [0, 0.05) is 12.2 Å². The summed E-state index contributed by atoms with van der Waals surface area (Å²) >= 11 is 2.91. The van der Waals surface area contributed by atoms with E-state index in [9.17, 15) is 4.79 Å². The molecule has 0 aliphatic rings. The molecular formula is C17H24N4OS2. The minimum absolute atomic E-state index is 0.0314. The van der Waals surface area contributed by atoms with Gasteiger partial charge in [-0.15, -0.1) is 10.2 Å². The lowest BCUT2D eigenvalue weighted by Crippen LogP contribution is -2.22. The first-order valence-corrected chi connectivity index (χ1v) is 9.81. The van der Waals surface area contributed by atoms with E-state index >= 15 is 0 Å². The standard InChI is InChI=1S/C17H24N4OS2/c1-5-13-6-8-14(9-7-13)19-15(22)12(4)23-17-21-20-16(24-17)18-10-11(2)3/h6-9,11-12H,5,10H2,1-4H3,(H,18,20)(H,19,22)/t12-/m0/s1. The molecule has 24 heavy (non-hydrogen) atoms. The predicted octanol–water partition coefficient (Wildman–Crippen LogP) is 4.29. The number of hydrogen-bond acceptors (Lipinski definition) is 6. The molecule has 0 unspecified atom stereocenters. The highest BCUT2D eigenvalue weighted by Crippen LogP contribution is 2.29. The zero-order valence-electron chi connectivity index (χ0n) is 14.5. The Labute approximate surface area is 151 Å². The van der Waals surface area contributed by atoms with Gasteiger partial charge in [0.2, 0.25) is 11.0 Å². The van der Waals surface area contributed by atoms with Gasteiger partial charge in [-0.05, 0) is 37.0 Å². The Morgan fingerprint density at radius 3 is 2.54 bits per heavy atom. The van der Waals surface area contributed by atoms with E-state index in [-0.39, 0.29) is 11.2 Å². The quantitative estimate of drug-likeness (QED) is 0.684. The molecule has 0 saturated heterocycles. The van der Waals surface area contributed by atoms with Crippen LogP contribution >= 0.6 is 23.1 Å². The summed E-state index contributed by atoms with van der Waals surface area (Å²) in [5.41, 5.74) is 2.08. The molecule has 1 amide bonds. The lowest BCUT2D eigenvalue weighted by Gasteiger charge is -2.10. The van der Waals surface area contributed by atoms with E-state index in [1.807, 2.05) is 31.2 Å². The summed E-state index contributed by atoms with van der Waals surface area (Å²) in [6.07, 6.45) is 0.991. The molecule has 0 aliphatic carbocycles. The first kappa shape index (κ1) is 18.7. The third-order valence-corrected chi connectivity index (χ3v) is 5.41. The van der Waals surface area contributed by atoms with Gasteiger partial charge in [-0.3, -0.25) is 4.79 Å². The van der Waals surface area contributed by atoms with Crippen LogP contribution in [0.3, 0.4) is 0 Å². The first-order chi connectivity index (χ1) is 11.5. The molecule has 0 fully saturated rings. The molecule has 5 nitrogen and oxygen atoms in total. The van der Waals surface area contributed by atoms with Crippen LogP contribution in [0, 0.1) is 5.92 Å². The van der Waals surface area contributed by atoms with Crippen LogP contribution in [0.15, 0.2) is 28.6 Å². The molecule has 0 bridgehead atoms. The van der Waals surface area contributed by atoms with Gasteiger partial charge in [-0.1, -0.05) is 56.0 Å². The summed E-state index contributed by atoms with van der Waals surface area (Å²) < 4.78 is 0.797. The lowest BCUT2D eigenvalue weighted by atomic mass is 10.1. The van der Waals surface area contributed by atoms with Crippen LogP contribution in [0.4, 0.5) is 10.8 Å². The third kappa shape index (κ3) is 5.79. The Morgan fingerprint density at radius 1 is 1.21 bits per heavy atom. The Morgan fingerprint density at radius 2 is 1.92 bits per heavy atom. The number of aromatic nitrogens is 2. The van der Waals surface area contributed by atoms with Crippen molar-refractivity contribution in [3.63, 3.8) is 0 Å². The topological polar surface area (TPSA) is 66.9 Å². The Bertz CT molecular complexity index is 655. The highest BCUT2D eigenvalue weighted by molar-refractivity contribution is 8.02. The minimum atomic E-state index is -0.234. The number of hydrogen-bond donors (Lipinski definition) is 2. The fourth-order valence-electron chi connectivity index (χ4n) is 1.89. The summed E-state index contributed by atoms with van der Waals surface area (Å²) in [7, 11) is 0. The van der Waals surface area contributed by atoms with Crippen LogP contribution in [0.25, 0.3) is 0 Å². The molecule has 2 rings (SSSR count). The summed E-state index contributed by atoms with van der Waals surface area (Å²) in [5.74, 6) is 0.518. The molecule has 1 heterocycles. The summed E-state index contributed by atoms with van der Waals surface area (Å²) in [6, 6.07) is 7.94. The molecule has 1 atom stereocenters. The van der Waals surface area contributed by atoms with E-state index in [2.05, 4.69) is 41.6 Å². The number of rotatable bonds is 8. The van der Waals surface area contributed by atoms with Crippen LogP contribution < -0.4 is 10.6 Å². The highest BCUT2D eigenvalue weighted by atomic mass is 32.2. The zero-order chi connectivity index (χ0) is 17.5. The van der Waals surface area contributed by atoms with Gasteiger partial charge in [-0.2, -0.15) is 0 Å². The van der Waals surface area contributed by atoms with Crippen LogP contribution in [-0.2, 0) is 11.2 Å². The fourth-order valence-corrected chi connectivity index (χ4v) is 3.80. The molecule has 7 heteroatoms. The molecule has 1 aromatic carbocycles. The number of nitrogens with zero attached hydrogens (tertiary/aromatic N) is 2. The van der Waals surface area contributed by atoms with E-state index in [1.165, 1.54) is 28.7 Å². The van der Waals surface area contributed by atoms with Crippen molar-refractivity contribution in [1.82, 2.24) is 10.2 Å². The Hall–Kier alpha value is -1.60. The zero-order valence-corrected chi connectivity index (χ0v) is 16.1. The van der Waals surface area contributed by atoms with Crippen LogP contribution in [0.2, 0.25) is 0 Å². The maximum Gasteiger partial charge on any atom is 0.237 e. The molecule has 1 aromatic heterocycles. The SMILES string of the molecule is CCc1ccc(NC(=O)[C@H](C)Sc2nnc(NCC(C)C)s2)cc1. The number of anilines is 2. The van der Waals surface area contributed by atoms with Crippen LogP contribution in [-0.4, -0.2) is 27.9 Å². The summed E-state index contributed by atoms with van der Waals surface area (Å²) in [4.78, 5) is 12.3. The largest absolute Gasteiger partial charge is 0.360 e. The van der Waals surface area contributed by atoms with Gasteiger partial charge in [0.05, 0.1) is 5.25 Å². The monoisotopic (exact) mass is 364 g/mol. The van der Waals surface area contributed by atoms with E-state index in [4.69, 9.17) is 0 Å². The average molecular weight is 365 g/mol. The molecule has 2 N–H and O–H groups in total. The van der Waals surface area contributed by atoms with Gasteiger partial charge < -0.3 is 10.6 Å². The second-order valence-electron chi connectivity index (χ2n) is 5.95. The van der Waals surface area contributed by atoms with Crippen molar-refractivity contribution in [2.75, 3.05) is 17.2 Å². The van der Waals surface area contributed by atoms with E-state index in [1.54, 1.807) is 0 Å². The van der Waals surface area contributed by atoms with Crippen molar-refractivity contribution in [3.8, 4) is 0 Å². The number of aryl methyl sites for hydroxylation is 1. The summed E-state index contributed by atoms with van der Waals surface area (Å²) in [6.45, 7) is 9.14. The lowest BCUT2D eigenvalue weighted by molar-refractivity contribution is -0.115. The third-order valence-electron chi connectivity index (χ3n) is 3.34. The van der Waals surface area contributed by atoms with Crippen molar-refractivity contribution < 1.29 is 4.79 Å². The molecule has 0 saturated carbocycles. The van der Waals surface area contributed by atoms with Crippen molar-refractivity contribution >= 4 is 39.8 Å². The summed E-state index contributed by atoms with van der Waals surface area (Å²) in [5, 5.41) is 15.0. The number of amides is 1. The van der Waals surface area contributed by atoms with Crippen LogP contribution in [0.5, 0.6) is 0 Å². The van der Waals surface area contributed by atoms with Gasteiger partial charge in [0.15, 0.2) is 4.34 Å². The molecule has 0 radical (unpaired) electrons. The van der Waals surface area contributed by atoms with Crippen molar-refractivity contribution in [2.45, 2.75) is 43.7 Å². The molecule has 0 spiro atoms. The number of carbonyl (C=O) groups excluding carboxylic acids is 1. The minimum Gasteiger partial charge on any atom is -0.360 e. The predicted molar refractivity (Wildman–Crippen MR) is 103 cm³/mol. The normalized spacial score (nSPS) is 12.2. The van der Waals surface area contributed by atoms with Gasteiger partial charge in [0.25, 0.3) is 0 Å². The maximum absolute atomic E-state index is 12.3. The van der Waals surface area contributed by atoms with E-state index < -0.39 is 0 Å². The fraction of sp³-hybridized carbons (Fsp3) is 0.471. The van der Waals surface area contributed by atoms with Gasteiger partial charge in [0.1, 0.15) is 0 Å². The van der Waals surface area contributed by atoms with Crippen molar-refractivity contribution in [3.05, 3.63) is 29.8 Å². The number of nitrogens with one attached hydrogen (secondary N) is 2. The van der Waals surface area contributed by atoms with E-state index in [0.717, 1.165) is 28.1 Å². The second-order valence-corrected chi connectivity index (χ2v) is 8.51. The smallest absolute Gasteiger partial charge is 0.237 e.